The van der Waals surface area contributed by atoms with Gasteiger partial charge >= 0.3 is 0 Å². The number of nitrogens with zero attached hydrogens (tertiary/aromatic N) is 3. The highest BCUT2D eigenvalue weighted by Crippen LogP contribution is 2.36. The molecule has 4 rings (SSSR count). The van der Waals surface area contributed by atoms with Gasteiger partial charge in [-0.05, 0) is 57.6 Å². The number of aromatic nitrogens is 2. The van der Waals surface area contributed by atoms with E-state index in [1.807, 2.05) is 12.1 Å². The average molecular weight is 548 g/mol. The summed E-state index contributed by atoms with van der Waals surface area (Å²) in [6.45, 7) is 4.61. The Labute approximate surface area is 229 Å². The lowest BCUT2D eigenvalue weighted by atomic mass is 9.81. The van der Waals surface area contributed by atoms with Crippen LogP contribution in [0.5, 0.6) is 0 Å². The minimum atomic E-state index is -0.445. The molecule has 0 aromatic carbocycles. The van der Waals surface area contributed by atoms with Crippen molar-refractivity contribution in [2.24, 2.45) is 5.41 Å². The molecule has 37 heavy (non-hydrogen) atoms. The fraction of sp³-hybridized carbons (Fsp3) is 0.593. The average Bonchev–Trinajstić information content (AvgIpc) is 2.91. The van der Waals surface area contributed by atoms with E-state index >= 15 is 0 Å². The summed E-state index contributed by atoms with van der Waals surface area (Å²) in [6.07, 6.45) is 9.08. The predicted octanol–water partition coefficient (Wildman–Crippen LogP) is 5.53. The first-order chi connectivity index (χ1) is 17.9. The number of pyridine rings is 2. The Morgan fingerprint density at radius 1 is 1.11 bits per heavy atom. The van der Waals surface area contributed by atoms with Gasteiger partial charge in [-0.1, -0.05) is 23.2 Å². The molecule has 0 amide bonds. The number of ether oxygens (including phenoxy) is 2. The van der Waals surface area contributed by atoms with E-state index in [0.717, 1.165) is 54.9 Å². The van der Waals surface area contributed by atoms with Crippen LogP contribution in [-0.4, -0.2) is 61.6 Å². The number of methoxy groups -OCH3 is 1. The Morgan fingerprint density at radius 2 is 1.84 bits per heavy atom. The first-order valence-electron chi connectivity index (χ1n) is 13.0. The van der Waals surface area contributed by atoms with Crippen LogP contribution < -0.4 is 16.0 Å². The largest absolute Gasteiger partial charge is 0.383 e. The molecule has 3 N–H and O–H groups in total. The van der Waals surface area contributed by atoms with Crippen molar-refractivity contribution in [3.05, 3.63) is 34.7 Å². The maximum absolute atomic E-state index is 9.75. The molecule has 1 atom stereocenters. The fourth-order valence-corrected chi connectivity index (χ4v) is 5.54. The molecule has 8 nitrogen and oxygen atoms in total. The van der Waals surface area contributed by atoms with Gasteiger partial charge in [0, 0.05) is 62.3 Å². The summed E-state index contributed by atoms with van der Waals surface area (Å²) in [5, 5.41) is 21.2. The highest BCUT2D eigenvalue weighted by Gasteiger charge is 2.32. The molecule has 2 aromatic rings. The lowest BCUT2D eigenvalue weighted by Gasteiger charge is -2.32. The van der Waals surface area contributed by atoms with E-state index in [1.54, 1.807) is 19.5 Å². The van der Waals surface area contributed by atoms with E-state index < -0.39 is 5.41 Å². The van der Waals surface area contributed by atoms with E-state index in [2.05, 4.69) is 38.9 Å². The number of rotatable bonds is 10. The van der Waals surface area contributed by atoms with E-state index in [4.69, 9.17) is 32.7 Å². The summed E-state index contributed by atoms with van der Waals surface area (Å²) in [5.41, 5.74) is 1.83. The van der Waals surface area contributed by atoms with Crippen molar-refractivity contribution in [1.29, 1.82) is 5.26 Å². The molecule has 0 radical (unpaired) electrons. The standard InChI is InChI=1S/C27H36Cl2N6O2/c1-18(15-36-2)34-19-3-5-20(6-4-19)35-25-12-22(24(28)14-31-25)23-11-21(13-32-26(23)29)33-17-27(16-30)7-9-37-10-8-27/h11-14,18-20,33-34H,3-10,15,17H2,1-2H3,(H,31,35)/t18-,19?,20?/m0/s1. The predicted molar refractivity (Wildman–Crippen MR) is 148 cm³/mol. The number of hydrogen-bond acceptors (Lipinski definition) is 8. The van der Waals surface area contributed by atoms with E-state index in [9.17, 15) is 5.26 Å². The van der Waals surface area contributed by atoms with Crippen molar-refractivity contribution < 1.29 is 9.47 Å². The summed E-state index contributed by atoms with van der Waals surface area (Å²) in [7, 11) is 1.74. The van der Waals surface area contributed by atoms with Gasteiger partial charge in [0.05, 0.1) is 35.0 Å². The third-order valence-electron chi connectivity index (χ3n) is 7.32. The summed E-state index contributed by atoms with van der Waals surface area (Å²) in [5.74, 6) is 0.767. The minimum Gasteiger partial charge on any atom is -0.383 e. The molecular formula is C27H36Cl2N6O2. The van der Waals surface area contributed by atoms with Crippen molar-refractivity contribution in [2.45, 2.75) is 63.6 Å². The van der Waals surface area contributed by atoms with Crippen LogP contribution in [0.25, 0.3) is 11.1 Å². The SMILES string of the molecule is COC[C@H](C)NC1CCC(Nc2cc(-c3cc(NCC4(C#N)CCOCC4)cnc3Cl)c(Cl)cn2)CC1. The van der Waals surface area contributed by atoms with Gasteiger partial charge in [0.2, 0.25) is 0 Å². The topological polar surface area (TPSA) is 104 Å². The molecule has 200 valence electrons. The lowest BCUT2D eigenvalue weighted by molar-refractivity contribution is 0.0456. The van der Waals surface area contributed by atoms with Crippen LogP contribution in [0.1, 0.15) is 45.4 Å². The molecule has 0 bridgehead atoms. The van der Waals surface area contributed by atoms with Crippen molar-refractivity contribution in [1.82, 2.24) is 15.3 Å². The molecule has 1 aliphatic carbocycles. The van der Waals surface area contributed by atoms with Crippen LogP contribution in [0.3, 0.4) is 0 Å². The van der Waals surface area contributed by atoms with Gasteiger partial charge in [0.1, 0.15) is 11.0 Å². The molecule has 0 unspecified atom stereocenters. The van der Waals surface area contributed by atoms with Crippen LogP contribution in [0.15, 0.2) is 24.5 Å². The molecule has 10 heteroatoms. The van der Waals surface area contributed by atoms with Gasteiger partial charge in [-0.15, -0.1) is 0 Å². The zero-order chi connectivity index (χ0) is 26.3. The van der Waals surface area contributed by atoms with Crippen LogP contribution in [-0.2, 0) is 9.47 Å². The third-order valence-corrected chi connectivity index (χ3v) is 7.92. The summed E-state index contributed by atoms with van der Waals surface area (Å²) in [4.78, 5) is 8.90. The normalized spacial score (nSPS) is 22.1. The zero-order valence-corrected chi connectivity index (χ0v) is 23.0. The molecule has 0 spiro atoms. The van der Waals surface area contributed by atoms with Gasteiger partial charge in [0.15, 0.2) is 0 Å². The Kier molecular flexibility index (Phi) is 9.85. The monoisotopic (exact) mass is 546 g/mol. The first-order valence-corrected chi connectivity index (χ1v) is 13.7. The van der Waals surface area contributed by atoms with Crippen molar-refractivity contribution in [3.63, 3.8) is 0 Å². The highest BCUT2D eigenvalue weighted by atomic mass is 35.5. The molecule has 2 aliphatic rings. The van der Waals surface area contributed by atoms with E-state index in [0.29, 0.717) is 60.9 Å². The molecule has 1 saturated heterocycles. The Balaban J connectivity index is 1.41. The second-order valence-electron chi connectivity index (χ2n) is 10.2. The van der Waals surface area contributed by atoms with Gasteiger partial charge in [0.25, 0.3) is 0 Å². The van der Waals surface area contributed by atoms with Crippen LogP contribution in [0.2, 0.25) is 10.2 Å². The van der Waals surface area contributed by atoms with E-state index in [1.165, 1.54) is 0 Å². The maximum atomic E-state index is 9.75. The maximum Gasteiger partial charge on any atom is 0.137 e. The smallest absolute Gasteiger partial charge is 0.137 e. The fourth-order valence-electron chi connectivity index (χ4n) is 5.13. The molecule has 2 fully saturated rings. The number of anilines is 2. The highest BCUT2D eigenvalue weighted by molar-refractivity contribution is 6.36. The quantitative estimate of drug-likeness (QED) is 0.334. The van der Waals surface area contributed by atoms with Crippen molar-refractivity contribution >= 4 is 34.7 Å². The van der Waals surface area contributed by atoms with Crippen molar-refractivity contribution in [3.8, 4) is 17.2 Å². The number of nitriles is 1. The Hall–Kier alpha value is -2.15. The molecule has 3 heterocycles. The molecule has 1 aliphatic heterocycles. The van der Waals surface area contributed by atoms with Crippen molar-refractivity contribution in [2.75, 3.05) is 44.1 Å². The molecule has 1 saturated carbocycles. The number of hydrogen-bond donors (Lipinski definition) is 3. The summed E-state index contributed by atoms with van der Waals surface area (Å²) >= 11 is 13.1. The van der Waals surface area contributed by atoms with Gasteiger partial charge < -0.3 is 25.4 Å². The van der Waals surface area contributed by atoms with Gasteiger partial charge in [-0.25, -0.2) is 9.97 Å². The first kappa shape index (κ1) is 27.9. The van der Waals surface area contributed by atoms with Crippen LogP contribution in [0.4, 0.5) is 11.5 Å². The lowest BCUT2D eigenvalue weighted by Crippen LogP contribution is -2.42. The van der Waals surface area contributed by atoms with Crippen LogP contribution >= 0.6 is 23.2 Å². The van der Waals surface area contributed by atoms with Gasteiger partial charge in [-0.3, -0.25) is 0 Å². The molecular weight excluding hydrogens is 511 g/mol. The van der Waals surface area contributed by atoms with Crippen LogP contribution in [0, 0.1) is 16.7 Å². The Bertz CT molecular complexity index is 1080. The summed E-state index contributed by atoms with van der Waals surface area (Å²) in [6, 6.07) is 7.57. The molecule has 2 aromatic heterocycles. The zero-order valence-electron chi connectivity index (χ0n) is 21.5. The second kappa shape index (κ2) is 13.1. The van der Waals surface area contributed by atoms with E-state index in [-0.39, 0.29) is 0 Å². The minimum absolute atomic E-state index is 0.348. The number of halogens is 2. The summed E-state index contributed by atoms with van der Waals surface area (Å²) < 4.78 is 10.7. The third kappa shape index (κ3) is 7.46. The van der Waals surface area contributed by atoms with Gasteiger partial charge in [-0.2, -0.15) is 5.26 Å². The Morgan fingerprint density at radius 3 is 2.54 bits per heavy atom. The second-order valence-corrected chi connectivity index (χ2v) is 11.0. The number of nitrogens with one attached hydrogen (secondary N) is 3.